The summed E-state index contributed by atoms with van der Waals surface area (Å²) in [5.41, 5.74) is 1.39. The Morgan fingerprint density at radius 3 is 2.68 bits per heavy atom. The van der Waals surface area contributed by atoms with Crippen molar-refractivity contribution in [1.82, 2.24) is 14.9 Å². The Labute approximate surface area is 146 Å². The van der Waals surface area contributed by atoms with Crippen molar-refractivity contribution in [3.8, 4) is 6.07 Å². The number of hydrogen-bond donors (Lipinski definition) is 1. The predicted octanol–water partition coefficient (Wildman–Crippen LogP) is 1.66. The third-order valence-corrected chi connectivity index (χ3v) is 4.13. The highest BCUT2D eigenvalue weighted by atomic mass is 16.1. The molecule has 1 aromatic carbocycles. The first-order valence-electron chi connectivity index (χ1n) is 8.16. The monoisotopic (exact) mass is 336 g/mol. The van der Waals surface area contributed by atoms with Gasteiger partial charge in [-0.25, -0.2) is 9.97 Å². The van der Waals surface area contributed by atoms with E-state index in [2.05, 4.69) is 38.2 Å². The molecule has 0 spiro atoms. The van der Waals surface area contributed by atoms with Crippen LogP contribution in [0.5, 0.6) is 0 Å². The van der Waals surface area contributed by atoms with Crippen molar-refractivity contribution >= 4 is 17.4 Å². The fourth-order valence-corrected chi connectivity index (χ4v) is 2.73. The Bertz CT molecular complexity index is 821. The lowest BCUT2D eigenvalue weighted by atomic mass is 10.2. The molecule has 0 aliphatic carbocycles. The summed E-state index contributed by atoms with van der Waals surface area (Å²) in [7, 11) is 2.09. The highest BCUT2D eigenvalue weighted by molar-refractivity contribution is 6.03. The molecule has 1 aliphatic heterocycles. The van der Waals surface area contributed by atoms with Crippen LogP contribution in [0, 0.1) is 18.3 Å². The lowest BCUT2D eigenvalue weighted by Gasteiger charge is -2.33. The van der Waals surface area contributed by atoms with Gasteiger partial charge in [0.1, 0.15) is 17.3 Å². The zero-order chi connectivity index (χ0) is 17.8. The van der Waals surface area contributed by atoms with E-state index in [4.69, 9.17) is 5.26 Å². The molecule has 1 fully saturated rings. The lowest BCUT2D eigenvalue weighted by molar-refractivity contribution is 0.102. The molecule has 7 nitrogen and oxygen atoms in total. The Hall–Kier alpha value is -2.98. The van der Waals surface area contributed by atoms with Gasteiger partial charge < -0.3 is 15.1 Å². The molecule has 2 aromatic rings. The number of carbonyl (C=O) groups excluding carboxylic acids is 1. The van der Waals surface area contributed by atoms with Crippen LogP contribution in [0.25, 0.3) is 0 Å². The van der Waals surface area contributed by atoms with Gasteiger partial charge in [-0.15, -0.1) is 0 Å². The van der Waals surface area contributed by atoms with E-state index >= 15 is 0 Å². The predicted molar refractivity (Wildman–Crippen MR) is 95.6 cm³/mol. The average Bonchev–Trinajstić information content (AvgIpc) is 2.62. The van der Waals surface area contributed by atoms with Gasteiger partial charge in [-0.2, -0.15) is 5.26 Å². The molecule has 0 atom stereocenters. The molecular weight excluding hydrogens is 316 g/mol. The zero-order valence-electron chi connectivity index (χ0n) is 14.4. The molecule has 128 valence electrons. The Balaban J connectivity index is 1.79. The molecule has 1 aliphatic rings. The Kier molecular flexibility index (Phi) is 4.91. The first-order valence-corrected chi connectivity index (χ1v) is 8.16. The van der Waals surface area contributed by atoms with Gasteiger partial charge >= 0.3 is 0 Å². The number of likely N-dealkylation sites (N-methyl/N-ethyl adjacent to an activating group) is 1. The summed E-state index contributed by atoms with van der Waals surface area (Å²) in [5, 5.41) is 11.7. The zero-order valence-corrected chi connectivity index (χ0v) is 14.4. The van der Waals surface area contributed by atoms with Crippen molar-refractivity contribution in [3.63, 3.8) is 0 Å². The number of amides is 1. The standard InChI is InChI=1S/C18H20N6O/c1-13-20-16(11-17(21-13)24-8-6-23(2)7-9-24)18(25)22-15-5-3-4-14(10-15)12-19/h3-5,10-11H,6-9H2,1-2H3,(H,22,25). The Morgan fingerprint density at radius 1 is 1.20 bits per heavy atom. The third kappa shape index (κ3) is 4.11. The number of benzene rings is 1. The molecule has 1 aromatic heterocycles. The summed E-state index contributed by atoms with van der Waals surface area (Å²) in [6, 6.07) is 10.6. The van der Waals surface area contributed by atoms with Crippen LogP contribution in [0.4, 0.5) is 11.5 Å². The van der Waals surface area contributed by atoms with Crippen LogP contribution in [0.15, 0.2) is 30.3 Å². The van der Waals surface area contributed by atoms with Gasteiger partial charge in [0.25, 0.3) is 5.91 Å². The summed E-state index contributed by atoms with van der Waals surface area (Å²) in [5.74, 6) is 1.03. The summed E-state index contributed by atoms with van der Waals surface area (Å²) < 4.78 is 0. The fraction of sp³-hybridized carbons (Fsp3) is 0.333. The van der Waals surface area contributed by atoms with Crippen LogP contribution in [-0.4, -0.2) is 54.0 Å². The van der Waals surface area contributed by atoms with Crippen LogP contribution in [0.3, 0.4) is 0 Å². The number of rotatable bonds is 3. The average molecular weight is 336 g/mol. The second-order valence-electron chi connectivity index (χ2n) is 6.10. The fourth-order valence-electron chi connectivity index (χ4n) is 2.73. The van der Waals surface area contributed by atoms with E-state index in [0.717, 1.165) is 32.0 Å². The second-order valence-corrected chi connectivity index (χ2v) is 6.10. The maximum atomic E-state index is 12.5. The van der Waals surface area contributed by atoms with Gasteiger partial charge in [-0.1, -0.05) is 6.07 Å². The number of aromatic nitrogens is 2. The summed E-state index contributed by atoms with van der Waals surface area (Å²) >= 11 is 0. The van der Waals surface area contributed by atoms with E-state index in [0.29, 0.717) is 22.8 Å². The minimum Gasteiger partial charge on any atom is -0.354 e. The van der Waals surface area contributed by atoms with Crippen molar-refractivity contribution in [2.45, 2.75) is 6.92 Å². The molecule has 3 rings (SSSR count). The minimum absolute atomic E-state index is 0.309. The van der Waals surface area contributed by atoms with Crippen molar-refractivity contribution in [2.75, 3.05) is 43.4 Å². The van der Waals surface area contributed by atoms with Crippen LogP contribution in [0.1, 0.15) is 21.9 Å². The molecular formula is C18H20N6O. The molecule has 1 amide bonds. The number of carbonyl (C=O) groups is 1. The normalized spacial score (nSPS) is 14.8. The maximum Gasteiger partial charge on any atom is 0.274 e. The highest BCUT2D eigenvalue weighted by Crippen LogP contribution is 2.17. The van der Waals surface area contributed by atoms with E-state index < -0.39 is 0 Å². The van der Waals surface area contributed by atoms with Crippen molar-refractivity contribution in [3.05, 3.63) is 47.4 Å². The van der Waals surface area contributed by atoms with E-state index in [1.54, 1.807) is 37.3 Å². The molecule has 7 heteroatoms. The minimum atomic E-state index is -0.309. The van der Waals surface area contributed by atoms with E-state index in [1.807, 2.05) is 0 Å². The third-order valence-electron chi connectivity index (χ3n) is 4.13. The smallest absolute Gasteiger partial charge is 0.274 e. The first kappa shape index (κ1) is 16.9. The summed E-state index contributed by atoms with van der Waals surface area (Å²) in [6.45, 7) is 5.46. The quantitative estimate of drug-likeness (QED) is 0.917. The molecule has 1 N–H and O–H groups in total. The van der Waals surface area contributed by atoms with Crippen LogP contribution in [-0.2, 0) is 0 Å². The molecule has 0 bridgehead atoms. The van der Waals surface area contributed by atoms with Gasteiger partial charge in [0.05, 0.1) is 11.6 Å². The molecule has 25 heavy (non-hydrogen) atoms. The van der Waals surface area contributed by atoms with Crippen molar-refractivity contribution < 1.29 is 4.79 Å². The number of hydrogen-bond acceptors (Lipinski definition) is 6. The summed E-state index contributed by atoms with van der Waals surface area (Å²) in [4.78, 5) is 25.7. The van der Waals surface area contributed by atoms with E-state index in [1.165, 1.54) is 0 Å². The molecule has 1 saturated heterocycles. The number of piperazine rings is 1. The van der Waals surface area contributed by atoms with E-state index in [-0.39, 0.29) is 5.91 Å². The van der Waals surface area contributed by atoms with Gasteiger partial charge in [0.15, 0.2) is 0 Å². The van der Waals surface area contributed by atoms with E-state index in [9.17, 15) is 4.79 Å². The van der Waals surface area contributed by atoms with Gasteiger partial charge in [0, 0.05) is 37.9 Å². The second kappa shape index (κ2) is 7.28. The number of nitriles is 1. The SMILES string of the molecule is Cc1nc(C(=O)Nc2cccc(C#N)c2)cc(N2CCN(C)CC2)n1. The largest absolute Gasteiger partial charge is 0.354 e. The topological polar surface area (TPSA) is 85.1 Å². The molecule has 2 heterocycles. The first-order chi connectivity index (χ1) is 12.0. The molecule has 0 radical (unpaired) electrons. The van der Waals surface area contributed by atoms with Crippen LogP contribution >= 0.6 is 0 Å². The number of aryl methyl sites for hydroxylation is 1. The lowest BCUT2D eigenvalue weighted by Crippen LogP contribution is -2.45. The summed E-state index contributed by atoms with van der Waals surface area (Å²) in [6.07, 6.45) is 0. The highest BCUT2D eigenvalue weighted by Gasteiger charge is 2.18. The van der Waals surface area contributed by atoms with Gasteiger partial charge in [0.2, 0.25) is 0 Å². The van der Waals surface area contributed by atoms with Gasteiger partial charge in [-0.05, 0) is 32.2 Å². The van der Waals surface area contributed by atoms with Crippen LogP contribution < -0.4 is 10.2 Å². The van der Waals surface area contributed by atoms with Crippen molar-refractivity contribution in [2.24, 2.45) is 0 Å². The van der Waals surface area contributed by atoms with Gasteiger partial charge in [-0.3, -0.25) is 4.79 Å². The molecule has 0 saturated carbocycles. The van der Waals surface area contributed by atoms with Crippen molar-refractivity contribution in [1.29, 1.82) is 5.26 Å². The van der Waals surface area contributed by atoms with Crippen LogP contribution in [0.2, 0.25) is 0 Å². The Morgan fingerprint density at radius 2 is 1.96 bits per heavy atom. The number of anilines is 2. The molecule has 0 unspecified atom stereocenters. The maximum absolute atomic E-state index is 12.5. The number of nitrogens with one attached hydrogen (secondary N) is 1. The number of nitrogens with zero attached hydrogens (tertiary/aromatic N) is 5.